The number of aromatic nitrogens is 3. The molecule has 2 atom stereocenters. The smallest absolute Gasteiger partial charge is 0.410 e. The van der Waals surface area contributed by atoms with E-state index in [0.717, 1.165) is 31.4 Å². The fourth-order valence-corrected chi connectivity index (χ4v) is 5.01. The molecule has 9 nitrogen and oxygen atoms in total. The number of nitrogens with one attached hydrogen (secondary N) is 1. The van der Waals surface area contributed by atoms with Gasteiger partial charge in [-0.3, -0.25) is 4.90 Å². The second-order valence-electron chi connectivity index (χ2n) is 9.30. The summed E-state index contributed by atoms with van der Waals surface area (Å²) >= 11 is 0. The van der Waals surface area contributed by atoms with Crippen LogP contribution in [0.1, 0.15) is 36.9 Å². The van der Waals surface area contributed by atoms with Crippen molar-refractivity contribution in [1.82, 2.24) is 19.9 Å². The molecule has 10 heteroatoms. The van der Waals surface area contributed by atoms with E-state index < -0.39 is 5.60 Å². The summed E-state index contributed by atoms with van der Waals surface area (Å²) in [7, 11) is 0. The van der Waals surface area contributed by atoms with Crippen molar-refractivity contribution in [3.05, 3.63) is 65.7 Å². The van der Waals surface area contributed by atoms with Crippen molar-refractivity contribution in [2.45, 2.75) is 37.8 Å². The summed E-state index contributed by atoms with van der Waals surface area (Å²) in [6.45, 7) is 1.44. The molecule has 2 heterocycles. The minimum atomic E-state index is -0.528. The predicted molar refractivity (Wildman–Crippen MR) is 127 cm³/mol. The monoisotopic (exact) mass is 475 g/mol. The van der Waals surface area contributed by atoms with Gasteiger partial charge in [-0.1, -0.05) is 11.3 Å². The van der Waals surface area contributed by atoms with E-state index in [0.29, 0.717) is 41.6 Å². The Morgan fingerprint density at radius 3 is 3.03 bits per heavy atom. The van der Waals surface area contributed by atoms with Crippen LogP contribution in [-0.4, -0.2) is 44.7 Å². The summed E-state index contributed by atoms with van der Waals surface area (Å²) in [5, 5.41) is 20.7. The molecule has 1 amide bonds. The van der Waals surface area contributed by atoms with Gasteiger partial charge >= 0.3 is 6.09 Å². The van der Waals surface area contributed by atoms with Gasteiger partial charge in [0.2, 0.25) is 0 Å². The van der Waals surface area contributed by atoms with Gasteiger partial charge in [0.15, 0.2) is 0 Å². The van der Waals surface area contributed by atoms with Crippen molar-refractivity contribution in [3.63, 3.8) is 0 Å². The average Bonchev–Trinajstić information content (AvgIpc) is 3.43. The highest BCUT2D eigenvalue weighted by atomic mass is 19.1. The fraction of sp³-hybridized carbons (Fsp3) is 0.360. The Kier molecular flexibility index (Phi) is 5.99. The molecule has 0 radical (unpaired) electrons. The summed E-state index contributed by atoms with van der Waals surface area (Å²) in [5.74, 6) is -0.0538. The number of rotatable bonds is 6. The van der Waals surface area contributed by atoms with Crippen LogP contribution in [0.4, 0.5) is 20.6 Å². The molecule has 1 saturated carbocycles. The van der Waals surface area contributed by atoms with Gasteiger partial charge in [-0.15, -0.1) is 5.10 Å². The number of carbonyl (C=O) groups is 1. The highest BCUT2D eigenvalue weighted by Gasteiger charge is 2.48. The number of nitrogens with zero attached hydrogens (tertiary/aromatic N) is 5. The lowest BCUT2D eigenvalue weighted by Crippen LogP contribution is -2.41. The lowest BCUT2D eigenvalue weighted by Gasteiger charge is -2.36. The first-order valence-electron chi connectivity index (χ1n) is 11.6. The Hall–Kier alpha value is -4.13. The van der Waals surface area contributed by atoms with Crippen molar-refractivity contribution in [1.29, 1.82) is 5.26 Å². The maximum absolute atomic E-state index is 13.5. The number of nitrogens with two attached hydrogens (primary N) is 1. The summed E-state index contributed by atoms with van der Waals surface area (Å²) in [6.07, 6.45) is 4.87. The molecular weight excluding hydrogens is 449 g/mol. The van der Waals surface area contributed by atoms with Crippen molar-refractivity contribution in [3.8, 4) is 11.8 Å². The van der Waals surface area contributed by atoms with Gasteiger partial charge in [0.25, 0.3) is 0 Å². The number of hydrogen-bond acceptors (Lipinski definition) is 7. The molecular formula is C25H26FN7O2. The average molecular weight is 476 g/mol. The molecule has 2 aromatic carbocycles. The van der Waals surface area contributed by atoms with Crippen LogP contribution in [0.5, 0.6) is 0 Å². The van der Waals surface area contributed by atoms with E-state index in [2.05, 4.69) is 21.7 Å². The quantitative estimate of drug-likeness (QED) is 0.519. The number of halogens is 1. The van der Waals surface area contributed by atoms with E-state index in [-0.39, 0.29) is 18.5 Å². The van der Waals surface area contributed by atoms with Crippen LogP contribution in [0.3, 0.4) is 0 Å². The maximum Gasteiger partial charge on any atom is 0.410 e. The molecule has 1 aromatic heterocycles. The van der Waals surface area contributed by atoms with Crippen LogP contribution in [0, 0.1) is 23.1 Å². The van der Waals surface area contributed by atoms with Gasteiger partial charge in [-0.05, 0) is 68.0 Å². The summed E-state index contributed by atoms with van der Waals surface area (Å²) in [5.41, 5.74) is 8.58. The molecule has 1 aliphatic carbocycles. The van der Waals surface area contributed by atoms with Crippen LogP contribution in [-0.2, 0) is 11.3 Å². The third-order valence-electron chi connectivity index (χ3n) is 6.68. The van der Waals surface area contributed by atoms with Gasteiger partial charge in [0, 0.05) is 6.54 Å². The number of ether oxygens (including phenoxy) is 1. The molecule has 1 unspecified atom stereocenters. The molecule has 3 N–H and O–H groups in total. The van der Waals surface area contributed by atoms with Crippen LogP contribution < -0.4 is 11.1 Å². The third-order valence-corrected chi connectivity index (χ3v) is 6.68. The van der Waals surface area contributed by atoms with E-state index >= 15 is 0 Å². The van der Waals surface area contributed by atoms with E-state index in [1.807, 2.05) is 0 Å². The molecule has 5 rings (SSSR count). The number of carbonyl (C=O) groups excluding carboxylic acids is 1. The van der Waals surface area contributed by atoms with E-state index in [1.165, 1.54) is 16.8 Å². The highest BCUT2D eigenvalue weighted by Crippen LogP contribution is 2.40. The van der Waals surface area contributed by atoms with Crippen LogP contribution in [0.2, 0.25) is 0 Å². The first kappa shape index (κ1) is 22.7. The minimum absolute atomic E-state index is 0.274. The first-order valence-corrected chi connectivity index (χ1v) is 11.6. The van der Waals surface area contributed by atoms with Gasteiger partial charge < -0.3 is 15.8 Å². The topological polar surface area (TPSA) is 122 Å². The minimum Gasteiger partial charge on any atom is -0.441 e. The lowest BCUT2D eigenvalue weighted by molar-refractivity contribution is 0.00916. The lowest BCUT2D eigenvalue weighted by atomic mass is 9.78. The summed E-state index contributed by atoms with van der Waals surface area (Å²) in [4.78, 5) is 14.4. The zero-order chi connectivity index (χ0) is 24.4. The maximum atomic E-state index is 13.5. The van der Waals surface area contributed by atoms with Gasteiger partial charge in [-0.25, -0.2) is 13.9 Å². The van der Waals surface area contributed by atoms with Crippen molar-refractivity contribution >= 4 is 17.5 Å². The standard InChI is InChI=1S/C25H26FN7O2/c26-19-4-1-5-21(10-19)33-15-20(30-31-33)14-32-16-25(35-24(32)34)8-2-3-18(11-25)13-29-23-9-17(12-27)6-7-22(23)28/h1,4-7,9-10,15,18,29H,2-3,8,11,13-14,16,28H2/t18?,25-/m0/s1. The van der Waals surface area contributed by atoms with Gasteiger partial charge in [0.05, 0.1) is 48.0 Å². The summed E-state index contributed by atoms with van der Waals surface area (Å²) < 4.78 is 20.9. The Morgan fingerprint density at radius 1 is 1.31 bits per heavy atom. The van der Waals surface area contributed by atoms with E-state index in [1.54, 1.807) is 41.4 Å². The highest BCUT2D eigenvalue weighted by molar-refractivity contribution is 5.71. The number of benzene rings is 2. The fourth-order valence-electron chi connectivity index (χ4n) is 5.01. The van der Waals surface area contributed by atoms with Crippen LogP contribution in [0.15, 0.2) is 48.7 Å². The molecule has 1 spiro atoms. The molecule has 2 fully saturated rings. The van der Waals surface area contributed by atoms with Crippen LogP contribution in [0.25, 0.3) is 5.69 Å². The molecule has 1 saturated heterocycles. The zero-order valence-corrected chi connectivity index (χ0v) is 19.2. The Morgan fingerprint density at radius 2 is 2.20 bits per heavy atom. The molecule has 2 aliphatic rings. The number of hydrogen-bond donors (Lipinski definition) is 2. The molecule has 3 aromatic rings. The van der Waals surface area contributed by atoms with E-state index in [9.17, 15) is 9.18 Å². The van der Waals surface area contributed by atoms with Crippen molar-refractivity contribution < 1.29 is 13.9 Å². The molecule has 0 bridgehead atoms. The SMILES string of the molecule is N#Cc1ccc(N)c(NCC2CCC[C@]3(C2)CN(Cc2cn(-c4cccc(F)c4)nn2)C(=O)O3)c1. The predicted octanol–water partition coefficient (Wildman–Crippen LogP) is 3.85. The van der Waals surface area contributed by atoms with Crippen molar-refractivity contribution in [2.75, 3.05) is 24.1 Å². The summed E-state index contributed by atoms with van der Waals surface area (Å²) in [6, 6.07) is 13.4. The zero-order valence-electron chi connectivity index (χ0n) is 19.2. The Balaban J connectivity index is 1.21. The second-order valence-corrected chi connectivity index (χ2v) is 9.30. The second kappa shape index (κ2) is 9.25. The normalized spacial score (nSPS) is 21.7. The molecule has 35 heavy (non-hydrogen) atoms. The number of amides is 1. The number of nitrogen functional groups attached to an aromatic ring is 1. The third kappa shape index (κ3) is 4.89. The number of nitriles is 1. The van der Waals surface area contributed by atoms with E-state index in [4.69, 9.17) is 15.7 Å². The van der Waals surface area contributed by atoms with Crippen LogP contribution >= 0.6 is 0 Å². The van der Waals surface area contributed by atoms with Gasteiger partial charge in [0.1, 0.15) is 17.1 Å². The van der Waals surface area contributed by atoms with Crippen molar-refractivity contribution in [2.24, 2.45) is 5.92 Å². The van der Waals surface area contributed by atoms with Gasteiger partial charge in [-0.2, -0.15) is 5.26 Å². The Labute approximate surface area is 202 Å². The first-order chi connectivity index (χ1) is 16.9. The largest absolute Gasteiger partial charge is 0.441 e. The molecule has 1 aliphatic heterocycles. The molecule has 180 valence electrons. The number of anilines is 2. The Bertz CT molecular complexity index is 1290.